The van der Waals surface area contributed by atoms with Crippen LogP contribution in [-0.4, -0.2) is 19.3 Å². The predicted molar refractivity (Wildman–Crippen MR) is 81.7 cm³/mol. The molecule has 92 valence electrons. The fourth-order valence-electron chi connectivity index (χ4n) is 3.02. The lowest BCUT2D eigenvalue weighted by Crippen LogP contribution is -2.14. The van der Waals surface area contributed by atoms with Crippen molar-refractivity contribution in [2.24, 2.45) is 10.9 Å². The number of hydrogen-bond donors (Lipinski definition) is 0. The molecule has 0 spiro atoms. The van der Waals surface area contributed by atoms with Gasteiger partial charge in [0.15, 0.2) is 0 Å². The van der Waals surface area contributed by atoms with Crippen molar-refractivity contribution in [3.8, 4) is 0 Å². The monoisotopic (exact) mass is 253 g/mol. The molecule has 0 bridgehead atoms. The van der Waals surface area contributed by atoms with Crippen LogP contribution in [0.3, 0.4) is 0 Å². The van der Waals surface area contributed by atoms with Crippen LogP contribution in [0.25, 0.3) is 0 Å². The van der Waals surface area contributed by atoms with E-state index in [9.17, 15) is 0 Å². The second kappa shape index (κ2) is 4.43. The summed E-state index contributed by atoms with van der Waals surface area (Å²) >= 11 is 0. The van der Waals surface area contributed by atoms with Gasteiger partial charge in [-0.25, -0.2) is 0 Å². The molecule has 1 aliphatic heterocycles. The van der Waals surface area contributed by atoms with Gasteiger partial charge in [0.25, 0.3) is 0 Å². The van der Waals surface area contributed by atoms with Crippen LogP contribution in [0.15, 0.2) is 52.2 Å². The Bertz CT molecular complexity index is 566. The summed E-state index contributed by atoms with van der Waals surface area (Å²) in [6, 6.07) is 0. The quantitative estimate of drug-likeness (QED) is 0.666. The van der Waals surface area contributed by atoms with E-state index >= 15 is 0 Å². The first kappa shape index (κ1) is 11.8. The third-order valence-corrected chi connectivity index (χ3v) is 5.57. The Morgan fingerprint density at radius 3 is 2.61 bits per heavy atom. The van der Waals surface area contributed by atoms with Gasteiger partial charge < -0.3 is 0 Å². The van der Waals surface area contributed by atoms with E-state index in [4.69, 9.17) is 4.99 Å². The second-order valence-electron chi connectivity index (χ2n) is 5.27. The minimum Gasteiger partial charge on any atom is -0.253 e. The maximum Gasteiger partial charge on any atom is 0.0671 e. The van der Waals surface area contributed by atoms with Crippen LogP contribution < -0.4 is 0 Å². The molecule has 0 aromatic heterocycles. The maximum atomic E-state index is 4.86. The van der Waals surface area contributed by atoms with Crippen molar-refractivity contribution in [1.29, 1.82) is 0 Å². The maximum absolute atomic E-state index is 4.86. The summed E-state index contributed by atoms with van der Waals surface area (Å²) in [5, 5.41) is 1.67. The van der Waals surface area contributed by atoms with E-state index in [1.54, 1.807) is 5.17 Å². The third-order valence-electron chi connectivity index (χ3n) is 3.91. The minimum atomic E-state index is -0.372. The van der Waals surface area contributed by atoms with E-state index in [1.165, 1.54) is 22.6 Å². The minimum absolute atomic E-state index is 0.372. The van der Waals surface area contributed by atoms with Crippen LogP contribution in [0, 0.1) is 5.92 Å². The van der Waals surface area contributed by atoms with Gasteiger partial charge in [0, 0.05) is 25.6 Å². The summed E-state index contributed by atoms with van der Waals surface area (Å²) in [4.78, 5) is 4.86. The van der Waals surface area contributed by atoms with Gasteiger partial charge in [-0.3, -0.25) is 4.99 Å². The molecule has 0 amide bonds. The molecule has 2 heteroatoms. The van der Waals surface area contributed by atoms with Crippen molar-refractivity contribution >= 4 is 19.3 Å². The van der Waals surface area contributed by atoms with Gasteiger partial charge in [0.05, 0.1) is 5.70 Å². The Labute approximate surface area is 111 Å². The lowest BCUT2D eigenvalue weighted by atomic mass is 9.91. The van der Waals surface area contributed by atoms with Crippen molar-refractivity contribution in [2.45, 2.75) is 32.9 Å². The normalized spacial score (nSPS) is 21.8. The summed E-state index contributed by atoms with van der Waals surface area (Å²) in [6.45, 7) is 7.00. The van der Waals surface area contributed by atoms with Crippen LogP contribution in [0.4, 0.5) is 0 Å². The number of hydrogen-bond acceptors (Lipinski definition) is 1. The van der Waals surface area contributed by atoms with Crippen LogP contribution in [-0.2, 0) is 0 Å². The van der Waals surface area contributed by atoms with Gasteiger partial charge >= 0.3 is 0 Å². The van der Waals surface area contributed by atoms with Gasteiger partial charge in [-0.05, 0) is 18.4 Å². The number of allylic oxidation sites excluding steroid dienone is 7. The molecule has 18 heavy (non-hydrogen) atoms. The number of nitrogens with zero attached hydrogens (tertiary/aromatic N) is 1. The Morgan fingerprint density at radius 1 is 1.28 bits per heavy atom. The standard InChI is InChI=1S/C16H19NSi/c1-4-12-15(11-7-5-6-8-11)16-13(17-12)9-10-14(16)18(2)3/h5-9,11H,4,10H2,1-3H3. The van der Waals surface area contributed by atoms with Crippen molar-refractivity contribution in [2.75, 3.05) is 0 Å². The molecule has 0 saturated heterocycles. The summed E-state index contributed by atoms with van der Waals surface area (Å²) < 4.78 is 0. The Hall–Kier alpha value is -1.28. The van der Waals surface area contributed by atoms with E-state index in [0.29, 0.717) is 5.92 Å². The average Bonchev–Trinajstić information content (AvgIpc) is 3.03. The van der Waals surface area contributed by atoms with E-state index in [1.807, 2.05) is 0 Å². The van der Waals surface area contributed by atoms with Crippen LogP contribution in [0.5, 0.6) is 0 Å². The molecule has 0 aromatic carbocycles. The summed E-state index contributed by atoms with van der Waals surface area (Å²) in [5.41, 5.74) is 5.56. The van der Waals surface area contributed by atoms with Crippen LogP contribution in [0.1, 0.15) is 19.8 Å². The highest BCUT2D eigenvalue weighted by molar-refractivity contribution is 6.73. The predicted octanol–water partition coefficient (Wildman–Crippen LogP) is 3.69. The van der Waals surface area contributed by atoms with Crippen molar-refractivity contribution < 1.29 is 0 Å². The SMILES string of the molecule is CCC1=NC2=CCC(=[Si](C)C)C2=C1C1C=CC=C1. The second-order valence-corrected chi connectivity index (χ2v) is 7.87. The molecule has 0 fully saturated rings. The molecular weight excluding hydrogens is 234 g/mol. The van der Waals surface area contributed by atoms with Crippen molar-refractivity contribution in [1.82, 2.24) is 0 Å². The number of rotatable bonds is 2. The molecule has 0 N–H and O–H groups in total. The van der Waals surface area contributed by atoms with Gasteiger partial charge in [-0.1, -0.05) is 55.6 Å². The Balaban J connectivity index is 2.17. The van der Waals surface area contributed by atoms with E-state index in [-0.39, 0.29) is 8.41 Å². The molecule has 3 aliphatic rings. The molecule has 0 atom stereocenters. The van der Waals surface area contributed by atoms with Gasteiger partial charge in [-0.15, -0.1) is 0 Å². The molecule has 1 nitrogen and oxygen atoms in total. The summed E-state index contributed by atoms with van der Waals surface area (Å²) in [6.07, 6.45) is 13.4. The largest absolute Gasteiger partial charge is 0.253 e. The number of aliphatic imine (C=N–C) groups is 1. The van der Waals surface area contributed by atoms with E-state index in [2.05, 4.69) is 50.4 Å². The fourth-order valence-corrected chi connectivity index (χ4v) is 4.29. The van der Waals surface area contributed by atoms with Gasteiger partial charge in [0.1, 0.15) is 0 Å². The molecule has 1 heterocycles. The highest BCUT2D eigenvalue weighted by atomic mass is 28.2. The van der Waals surface area contributed by atoms with Gasteiger partial charge in [0.2, 0.25) is 0 Å². The fraction of sp³-hybridized carbons (Fsp3) is 0.375. The molecule has 0 saturated carbocycles. The molecule has 2 aliphatic carbocycles. The summed E-state index contributed by atoms with van der Waals surface area (Å²) in [5.74, 6) is 0.457. The first-order chi connectivity index (χ1) is 8.72. The van der Waals surface area contributed by atoms with Crippen molar-refractivity contribution in [3.05, 3.63) is 47.2 Å². The van der Waals surface area contributed by atoms with E-state index < -0.39 is 0 Å². The van der Waals surface area contributed by atoms with Crippen LogP contribution in [0.2, 0.25) is 13.1 Å². The lowest BCUT2D eigenvalue weighted by Gasteiger charge is -2.14. The Morgan fingerprint density at radius 2 is 2.00 bits per heavy atom. The molecule has 0 radical (unpaired) electrons. The lowest BCUT2D eigenvalue weighted by molar-refractivity contribution is 1.03. The highest BCUT2D eigenvalue weighted by Crippen LogP contribution is 2.38. The molecule has 0 unspecified atom stereocenters. The highest BCUT2D eigenvalue weighted by Gasteiger charge is 2.31. The zero-order chi connectivity index (χ0) is 12.7. The number of fused-ring (bicyclic) bond motifs is 1. The first-order valence-electron chi connectivity index (χ1n) is 6.76. The average molecular weight is 253 g/mol. The van der Waals surface area contributed by atoms with Gasteiger partial charge in [-0.2, -0.15) is 0 Å². The first-order valence-corrected chi connectivity index (χ1v) is 9.26. The molecule has 3 rings (SSSR count). The van der Waals surface area contributed by atoms with Crippen molar-refractivity contribution in [3.63, 3.8) is 0 Å². The smallest absolute Gasteiger partial charge is 0.0671 e. The van der Waals surface area contributed by atoms with Crippen LogP contribution >= 0.6 is 0 Å². The topological polar surface area (TPSA) is 12.4 Å². The Kier molecular flexibility index (Phi) is 2.90. The molecule has 0 aromatic rings. The zero-order valence-corrected chi connectivity index (χ0v) is 12.3. The zero-order valence-electron chi connectivity index (χ0n) is 11.3. The summed E-state index contributed by atoms with van der Waals surface area (Å²) in [7, 11) is -0.372. The third kappa shape index (κ3) is 1.67. The van der Waals surface area contributed by atoms with E-state index in [0.717, 1.165) is 12.8 Å². The molecular formula is C16H19NSi.